The van der Waals surface area contributed by atoms with Gasteiger partial charge in [-0.3, -0.25) is 9.59 Å². The van der Waals surface area contributed by atoms with E-state index in [-0.39, 0.29) is 16.9 Å². The monoisotopic (exact) mass is 382 g/mol. The Hall–Kier alpha value is -2.23. The second-order valence-electron chi connectivity index (χ2n) is 5.31. The van der Waals surface area contributed by atoms with Crippen molar-refractivity contribution in [3.8, 4) is 0 Å². The summed E-state index contributed by atoms with van der Waals surface area (Å²) in [5.41, 5.74) is 5.98. The number of hydrogen-bond acceptors (Lipinski definition) is 6. The van der Waals surface area contributed by atoms with Gasteiger partial charge in [-0.2, -0.15) is 0 Å². The van der Waals surface area contributed by atoms with Crippen molar-refractivity contribution in [1.82, 2.24) is 4.72 Å². The fourth-order valence-electron chi connectivity index (χ4n) is 2.23. The number of esters is 1. The first-order valence-corrected chi connectivity index (χ1v) is 9.64. The molecule has 0 radical (unpaired) electrons. The summed E-state index contributed by atoms with van der Waals surface area (Å²) in [4.78, 5) is 23.6. The van der Waals surface area contributed by atoms with Crippen LogP contribution in [0.4, 0.5) is 0 Å². The molecule has 1 unspecified atom stereocenters. The molecule has 0 aliphatic carbocycles. The van der Waals surface area contributed by atoms with Crippen molar-refractivity contribution in [2.75, 3.05) is 7.11 Å². The van der Waals surface area contributed by atoms with Crippen molar-refractivity contribution >= 4 is 33.2 Å². The fourth-order valence-corrected chi connectivity index (χ4v) is 4.32. The molecule has 1 aromatic heterocycles. The van der Waals surface area contributed by atoms with Crippen LogP contribution < -0.4 is 10.5 Å². The van der Waals surface area contributed by atoms with Gasteiger partial charge in [0, 0.05) is 10.4 Å². The quantitative estimate of drug-likeness (QED) is 0.708. The van der Waals surface area contributed by atoms with Crippen molar-refractivity contribution in [2.24, 2.45) is 5.73 Å². The van der Waals surface area contributed by atoms with E-state index in [4.69, 9.17) is 5.73 Å². The van der Waals surface area contributed by atoms with Crippen molar-refractivity contribution in [1.29, 1.82) is 0 Å². The number of amides is 1. The molecule has 1 aromatic carbocycles. The first kappa shape index (κ1) is 19.1. The summed E-state index contributed by atoms with van der Waals surface area (Å²) in [6.07, 6.45) is -0.148. The van der Waals surface area contributed by atoms with Crippen molar-refractivity contribution in [3.05, 3.63) is 51.7 Å². The van der Waals surface area contributed by atoms with Gasteiger partial charge in [-0.25, -0.2) is 13.1 Å². The van der Waals surface area contributed by atoms with Gasteiger partial charge in [-0.15, -0.1) is 11.3 Å². The minimum atomic E-state index is -3.97. The van der Waals surface area contributed by atoms with E-state index in [1.165, 1.54) is 36.6 Å². The molecule has 25 heavy (non-hydrogen) atoms. The van der Waals surface area contributed by atoms with E-state index in [2.05, 4.69) is 9.46 Å². The van der Waals surface area contributed by atoms with Crippen molar-refractivity contribution in [3.63, 3.8) is 0 Å². The SMILES string of the molecule is COC(=O)CC(NS(=O)(=O)c1ccc(C)c(C(N)=O)c1)c1cccs1. The second kappa shape index (κ2) is 7.77. The van der Waals surface area contributed by atoms with Gasteiger partial charge in [-0.1, -0.05) is 12.1 Å². The molecule has 0 aliphatic heterocycles. The number of carbonyl (C=O) groups is 2. The van der Waals surface area contributed by atoms with E-state index < -0.39 is 27.9 Å². The Morgan fingerprint density at radius 1 is 1.32 bits per heavy atom. The van der Waals surface area contributed by atoms with Gasteiger partial charge in [-0.05, 0) is 36.1 Å². The van der Waals surface area contributed by atoms with Gasteiger partial charge < -0.3 is 10.5 Å². The highest BCUT2D eigenvalue weighted by Gasteiger charge is 2.25. The van der Waals surface area contributed by atoms with Crippen LogP contribution in [0.1, 0.15) is 33.3 Å². The Kier molecular flexibility index (Phi) is 5.93. The minimum Gasteiger partial charge on any atom is -0.469 e. The van der Waals surface area contributed by atoms with Gasteiger partial charge in [0.05, 0.1) is 24.5 Å². The summed E-state index contributed by atoms with van der Waals surface area (Å²) in [5, 5.41) is 1.78. The van der Waals surface area contributed by atoms with Crippen LogP contribution in [0.5, 0.6) is 0 Å². The molecule has 1 heterocycles. The van der Waals surface area contributed by atoms with Crippen molar-refractivity contribution < 1.29 is 22.7 Å². The summed E-state index contributed by atoms with van der Waals surface area (Å²) < 4.78 is 32.5. The van der Waals surface area contributed by atoms with E-state index in [1.54, 1.807) is 24.4 Å². The molecule has 9 heteroatoms. The number of benzene rings is 1. The zero-order valence-electron chi connectivity index (χ0n) is 13.7. The van der Waals surface area contributed by atoms with Crippen LogP contribution >= 0.6 is 11.3 Å². The molecule has 0 saturated heterocycles. The largest absolute Gasteiger partial charge is 0.469 e. The molecule has 0 fully saturated rings. The highest BCUT2D eigenvalue weighted by atomic mass is 32.2. The first-order valence-electron chi connectivity index (χ1n) is 7.27. The normalized spacial score (nSPS) is 12.6. The van der Waals surface area contributed by atoms with Crippen LogP contribution in [0.25, 0.3) is 0 Å². The van der Waals surface area contributed by atoms with Gasteiger partial charge in [0.1, 0.15) is 0 Å². The van der Waals surface area contributed by atoms with E-state index in [9.17, 15) is 18.0 Å². The molecule has 134 valence electrons. The number of ether oxygens (including phenoxy) is 1. The third kappa shape index (κ3) is 4.65. The van der Waals surface area contributed by atoms with Gasteiger partial charge >= 0.3 is 5.97 Å². The van der Waals surface area contributed by atoms with Crippen molar-refractivity contribution in [2.45, 2.75) is 24.3 Å². The summed E-state index contributed by atoms with van der Waals surface area (Å²) in [6.45, 7) is 1.66. The average Bonchev–Trinajstić information content (AvgIpc) is 3.08. The number of aryl methyl sites for hydroxylation is 1. The highest BCUT2D eigenvalue weighted by molar-refractivity contribution is 7.89. The standard InChI is InChI=1S/C16H18N2O5S2/c1-10-5-6-11(8-12(10)16(17)20)25(21,22)18-13(9-15(19)23-2)14-4-3-7-24-14/h3-8,13,18H,9H2,1-2H3,(H2,17,20). The molecule has 0 saturated carbocycles. The molecular weight excluding hydrogens is 364 g/mol. The molecular formula is C16H18N2O5S2. The predicted molar refractivity (Wildman–Crippen MR) is 93.7 cm³/mol. The molecule has 7 nitrogen and oxygen atoms in total. The smallest absolute Gasteiger partial charge is 0.307 e. The number of hydrogen-bond donors (Lipinski definition) is 2. The zero-order chi connectivity index (χ0) is 18.6. The Balaban J connectivity index is 2.36. The molecule has 0 spiro atoms. The summed E-state index contributed by atoms with van der Waals surface area (Å²) >= 11 is 1.32. The third-order valence-corrected chi connectivity index (χ3v) is 6.02. The molecule has 3 N–H and O–H groups in total. The number of rotatable bonds is 7. The topological polar surface area (TPSA) is 116 Å². The lowest BCUT2D eigenvalue weighted by molar-refractivity contribution is -0.141. The lowest BCUT2D eigenvalue weighted by atomic mass is 10.1. The van der Waals surface area contributed by atoms with E-state index >= 15 is 0 Å². The number of methoxy groups -OCH3 is 1. The molecule has 2 rings (SSSR count). The first-order chi connectivity index (χ1) is 11.7. The number of sulfonamides is 1. The van der Waals surface area contributed by atoms with Crippen LogP contribution in [-0.4, -0.2) is 27.4 Å². The summed E-state index contributed by atoms with van der Waals surface area (Å²) in [7, 11) is -2.73. The second-order valence-corrected chi connectivity index (χ2v) is 8.00. The maximum absolute atomic E-state index is 12.7. The molecule has 1 amide bonds. The lowest BCUT2D eigenvalue weighted by Gasteiger charge is -2.17. The number of thiophene rings is 1. The Morgan fingerprint density at radius 2 is 2.04 bits per heavy atom. The predicted octanol–water partition coefficient (Wildman–Crippen LogP) is 1.74. The number of nitrogens with one attached hydrogen (secondary N) is 1. The average molecular weight is 382 g/mol. The molecule has 0 bridgehead atoms. The van der Waals surface area contributed by atoms with E-state index in [0.717, 1.165) is 0 Å². The maximum atomic E-state index is 12.7. The lowest BCUT2D eigenvalue weighted by Crippen LogP contribution is -2.30. The maximum Gasteiger partial charge on any atom is 0.307 e. The molecule has 0 aliphatic rings. The van der Waals surface area contributed by atoms with Gasteiger partial charge in [0.15, 0.2) is 0 Å². The Morgan fingerprint density at radius 3 is 2.60 bits per heavy atom. The fraction of sp³-hybridized carbons (Fsp3) is 0.250. The zero-order valence-corrected chi connectivity index (χ0v) is 15.3. The Labute approximate surface area is 149 Å². The van der Waals surface area contributed by atoms with Crippen LogP contribution in [0.2, 0.25) is 0 Å². The number of primary amides is 1. The number of nitrogens with two attached hydrogens (primary N) is 1. The highest BCUT2D eigenvalue weighted by Crippen LogP contribution is 2.25. The number of carbonyl (C=O) groups excluding carboxylic acids is 2. The van der Waals surface area contributed by atoms with Crippen LogP contribution in [0, 0.1) is 6.92 Å². The summed E-state index contributed by atoms with van der Waals surface area (Å²) in [5.74, 6) is -1.25. The van der Waals surface area contributed by atoms with E-state index in [1.807, 2.05) is 0 Å². The van der Waals surface area contributed by atoms with Crippen LogP contribution in [0.15, 0.2) is 40.6 Å². The van der Waals surface area contributed by atoms with Crippen LogP contribution in [0.3, 0.4) is 0 Å². The third-order valence-electron chi connectivity index (χ3n) is 3.57. The Bertz CT molecular complexity index is 876. The molecule has 1 atom stereocenters. The van der Waals surface area contributed by atoms with Gasteiger partial charge in [0.25, 0.3) is 0 Å². The van der Waals surface area contributed by atoms with Gasteiger partial charge in [0.2, 0.25) is 15.9 Å². The summed E-state index contributed by atoms with van der Waals surface area (Å²) in [6, 6.07) is 6.84. The minimum absolute atomic E-state index is 0.0988. The van der Waals surface area contributed by atoms with Crippen LogP contribution in [-0.2, 0) is 19.6 Å². The molecule has 2 aromatic rings. The van der Waals surface area contributed by atoms with E-state index in [0.29, 0.717) is 10.4 Å².